The van der Waals surface area contributed by atoms with E-state index in [1.165, 1.54) is 29.5 Å². The summed E-state index contributed by atoms with van der Waals surface area (Å²) in [4.78, 5) is 0. The van der Waals surface area contributed by atoms with Crippen LogP contribution >= 0.6 is 12.4 Å². The molecule has 0 radical (unpaired) electrons. The average Bonchev–Trinajstić information content (AvgIpc) is 2.46. The third-order valence-electron chi connectivity index (χ3n) is 3.31. The van der Waals surface area contributed by atoms with E-state index in [1.807, 2.05) is 6.07 Å². The Balaban J connectivity index is 0.00000180. The summed E-state index contributed by atoms with van der Waals surface area (Å²) in [6.07, 6.45) is 3.47. The molecule has 0 spiro atoms. The Bertz CT molecular complexity index is 464. The van der Waals surface area contributed by atoms with Crippen molar-refractivity contribution >= 4 is 12.4 Å². The molecular weight excluding hydrogens is 254 g/mol. The summed E-state index contributed by atoms with van der Waals surface area (Å²) >= 11 is 0. The first kappa shape index (κ1) is 15.7. The van der Waals surface area contributed by atoms with Gasteiger partial charge >= 0.3 is 0 Å². The number of hydrogen-bond donors (Lipinski definition) is 1. The van der Waals surface area contributed by atoms with Gasteiger partial charge in [0.2, 0.25) is 0 Å². The van der Waals surface area contributed by atoms with Crippen molar-refractivity contribution in [1.29, 1.82) is 0 Å². The van der Waals surface area contributed by atoms with E-state index >= 15 is 0 Å². The van der Waals surface area contributed by atoms with E-state index in [0.29, 0.717) is 0 Å². The molecule has 1 nitrogen and oxygen atoms in total. The van der Waals surface area contributed by atoms with Crippen LogP contribution in [-0.2, 0) is 0 Å². The maximum Gasteiger partial charge on any atom is 0.0294 e. The molecule has 2 aromatic carbocycles. The van der Waals surface area contributed by atoms with Gasteiger partial charge in [0, 0.05) is 6.04 Å². The van der Waals surface area contributed by atoms with Crippen molar-refractivity contribution in [3.05, 3.63) is 60.2 Å². The van der Waals surface area contributed by atoms with Gasteiger partial charge in [-0.25, -0.2) is 0 Å². The first-order chi connectivity index (χ1) is 8.81. The normalized spacial score (nSPS) is 11.7. The first-order valence-corrected chi connectivity index (χ1v) is 6.72. The number of nitrogens with two attached hydrogens (primary N) is 1. The molecule has 2 aromatic rings. The van der Waals surface area contributed by atoms with Crippen LogP contribution in [0.1, 0.15) is 37.8 Å². The number of rotatable bonds is 5. The van der Waals surface area contributed by atoms with Gasteiger partial charge in [0.25, 0.3) is 0 Å². The molecule has 0 aliphatic heterocycles. The Morgan fingerprint density at radius 3 is 2.05 bits per heavy atom. The van der Waals surface area contributed by atoms with E-state index < -0.39 is 0 Å². The largest absolute Gasteiger partial charge is 0.324 e. The maximum atomic E-state index is 6.17. The molecule has 0 aliphatic rings. The minimum absolute atomic E-state index is 0. The fourth-order valence-electron chi connectivity index (χ4n) is 2.14. The van der Waals surface area contributed by atoms with E-state index in [9.17, 15) is 0 Å². The van der Waals surface area contributed by atoms with Crippen LogP contribution in [0, 0.1) is 0 Å². The lowest BCUT2D eigenvalue weighted by Crippen LogP contribution is -2.09. The number of hydrogen-bond acceptors (Lipinski definition) is 1. The summed E-state index contributed by atoms with van der Waals surface area (Å²) in [5.74, 6) is 0. The molecular formula is C17H22ClN. The second-order valence-corrected chi connectivity index (χ2v) is 4.74. The van der Waals surface area contributed by atoms with Crippen molar-refractivity contribution < 1.29 is 0 Å². The summed E-state index contributed by atoms with van der Waals surface area (Å²) < 4.78 is 0. The zero-order valence-electron chi connectivity index (χ0n) is 11.4. The van der Waals surface area contributed by atoms with Gasteiger partial charge in [-0.2, -0.15) is 0 Å². The van der Waals surface area contributed by atoms with Crippen LogP contribution in [0.25, 0.3) is 11.1 Å². The molecule has 0 aromatic heterocycles. The Kier molecular flexibility index (Phi) is 6.61. The molecule has 19 heavy (non-hydrogen) atoms. The second-order valence-electron chi connectivity index (χ2n) is 4.74. The van der Waals surface area contributed by atoms with Gasteiger partial charge in [0.1, 0.15) is 0 Å². The average molecular weight is 276 g/mol. The Morgan fingerprint density at radius 1 is 0.895 bits per heavy atom. The molecule has 102 valence electrons. The fraction of sp³-hybridized carbons (Fsp3) is 0.294. The zero-order valence-corrected chi connectivity index (χ0v) is 12.2. The van der Waals surface area contributed by atoms with E-state index in [4.69, 9.17) is 5.73 Å². The van der Waals surface area contributed by atoms with Crippen molar-refractivity contribution in [3.63, 3.8) is 0 Å². The zero-order chi connectivity index (χ0) is 12.8. The van der Waals surface area contributed by atoms with Crippen molar-refractivity contribution in [2.24, 2.45) is 5.73 Å². The molecule has 0 amide bonds. The first-order valence-electron chi connectivity index (χ1n) is 6.72. The molecule has 0 unspecified atom stereocenters. The van der Waals surface area contributed by atoms with Gasteiger partial charge in [-0.1, -0.05) is 74.4 Å². The monoisotopic (exact) mass is 275 g/mol. The van der Waals surface area contributed by atoms with E-state index in [1.54, 1.807) is 0 Å². The summed E-state index contributed by atoms with van der Waals surface area (Å²) in [5, 5.41) is 0. The predicted octanol–water partition coefficient (Wildman–Crippen LogP) is 4.97. The Hall–Kier alpha value is -1.31. The Morgan fingerprint density at radius 2 is 1.47 bits per heavy atom. The number of unbranched alkanes of at least 4 members (excludes halogenated alkanes) is 1. The van der Waals surface area contributed by atoms with Gasteiger partial charge in [-0.3, -0.25) is 0 Å². The molecule has 0 bridgehead atoms. The lowest BCUT2D eigenvalue weighted by atomic mass is 9.98. The molecule has 2 N–H and O–H groups in total. The van der Waals surface area contributed by atoms with Crippen LogP contribution in [0.2, 0.25) is 0 Å². The highest BCUT2D eigenvalue weighted by atomic mass is 35.5. The highest BCUT2D eigenvalue weighted by molar-refractivity contribution is 5.85. The fourth-order valence-corrected chi connectivity index (χ4v) is 2.14. The van der Waals surface area contributed by atoms with Gasteiger partial charge < -0.3 is 5.73 Å². The maximum absolute atomic E-state index is 6.17. The van der Waals surface area contributed by atoms with Crippen molar-refractivity contribution in [3.8, 4) is 11.1 Å². The van der Waals surface area contributed by atoms with Crippen LogP contribution in [0.3, 0.4) is 0 Å². The standard InChI is InChI=1S/C17H21N.ClH/c1-2-3-9-17(18)16-12-10-15(11-13-16)14-7-5-4-6-8-14;/h4-8,10-13,17H,2-3,9,18H2,1H3;1H/t17-;/m1./s1. The smallest absolute Gasteiger partial charge is 0.0294 e. The molecule has 0 saturated carbocycles. The quantitative estimate of drug-likeness (QED) is 0.819. The second kappa shape index (κ2) is 7.98. The summed E-state index contributed by atoms with van der Waals surface area (Å²) in [6, 6.07) is 19.2. The third-order valence-corrected chi connectivity index (χ3v) is 3.31. The van der Waals surface area contributed by atoms with Gasteiger partial charge in [0.05, 0.1) is 0 Å². The van der Waals surface area contributed by atoms with Crippen LogP contribution < -0.4 is 5.73 Å². The van der Waals surface area contributed by atoms with Gasteiger partial charge in [0.15, 0.2) is 0 Å². The van der Waals surface area contributed by atoms with E-state index in [-0.39, 0.29) is 18.4 Å². The summed E-state index contributed by atoms with van der Waals surface area (Å²) in [7, 11) is 0. The van der Waals surface area contributed by atoms with E-state index in [2.05, 4.69) is 55.5 Å². The minimum atomic E-state index is 0. The lowest BCUT2D eigenvalue weighted by molar-refractivity contribution is 0.603. The summed E-state index contributed by atoms with van der Waals surface area (Å²) in [5.41, 5.74) is 9.92. The molecule has 0 heterocycles. The topological polar surface area (TPSA) is 26.0 Å². The highest BCUT2D eigenvalue weighted by Crippen LogP contribution is 2.22. The lowest BCUT2D eigenvalue weighted by Gasteiger charge is -2.12. The molecule has 2 heteroatoms. The third kappa shape index (κ3) is 4.38. The van der Waals surface area contributed by atoms with Crippen molar-refractivity contribution in [2.45, 2.75) is 32.2 Å². The molecule has 0 aliphatic carbocycles. The van der Waals surface area contributed by atoms with Crippen LogP contribution in [-0.4, -0.2) is 0 Å². The van der Waals surface area contributed by atoms with Crippen LogP contribution in [0.4, 0.5) is 0 Å². The van der Waals surface area contributed by atoms with Gasteiger partial charge in [-0.05, 0) is 23.1 Å². The number of benzene rings is 2. The number of halogens is 1. The van der Waals surface area contributed by atoms with Crippen LogP contribution in [0.15, 0.2) is 54.6 Å². The predicted molar refractivity (Wildman–Crippen MR) is 85.6 cm³/mol. The van der Waals surface area contributed by atoms with Crippen LogP contribution in [0.5, 0.6) is 0 Å². The SMILES string of the molecule is CCCC[C@@H](N)c1ccc(-c2ccccc2)cc1.Cl. The minimum Gasteiger partial charge on any atom is -0.324 e. The molecule has 0 saturated heterocycles. The van der Waals surface area contributed by atoms with Crippen molar-refractivity contribution in [2.75, 3.05) is 0 Å². The molecule has 2 rings (SSSR count). The highest BCUT2D eigenvalue weighted by Gasteiger charge is 2.05. The summed E-state index contributed by atoms with van der Waals surface area (Å²) in [6.45, 7) is 2.20. The Labute approximate surface area is 122 Å². The van der Waals surface area contributed by atoms with Crippen molar-refractivity contribution in [1.82, 2.24) is 0 Å². The molecule has 1 atom stereocenters. The van der Waals surface area contributed by atoms with Gasteiger partial charge in [-0.15, -0.1) is 12.4 Å². The molecule has 0 fully saturated rings. The van der Waals surface area contributed by atoms with E-state index in [0.717, 1.165) is 6.42 Å².